The van der Waals surface area contributed by atoms with Crippen molar-refractivity contribution < 1.29 is 4.42 Å². The van der Waals surface area contributed by atoms with Crippen LogP contribution in [-0.2, 0) is 13.0 Å². The summed E-state index contributed by atoms with van der Waals surface area (Å²) >= 11 is 0. The molecular weight excluding hydrogens is 322 g/mol. The first-order chi connectivity index (χ1) is 12.6. The minimum atomic E-state index is 0.488. The van der Waals surface area contributed by atoms with Gasteiger partial charge in [0, 0.05) is 23.9 Å². The summed E-state index contributed by atoms with van der Waals surface area (Å²) < 4.78 is 8.22. The summed E-state index contributed by atoms with van der Waals surface area (Å²) in [6, 6.07) is 19.2. The first kappa shape index (κ1) is 16.6. The van der Waals surface area contributed by atoms with Crippen LogP contribution in [0.15, 0.2) is 59.0 Å². The van der Waals surface area contributed by atoms with E-state index in [9.17, 15) is 0 Å². The minimum Gasteiger partial charge on any atom is -0.419 e. The topological polar surface area (TPSA) is 43.9 Å². The second kappa shape index (κ2) is 6.79. The minimum absolute atomic E-state index is 0.488. The third-order valence-corrected chi connectivity index (χ3v) is 4.54. The van der Waals surface area contributed by atoms with E-state index in [0.717, 1.165) is 18.7 Å². The lowest BCUT2D eigenvalue weighted by Gasteiger charge is -2.09. The summed E-state index contributed by atoms with van der Waals surface area (Å²) in [5.41, 5.74) is 4.66. The van der Waals surface area contributed by atoms with Gasteiger partial charge in [0.05, 0.1) is 0 Å². The molecule has 0 unspecified atom stereocenters. The predicted octanol–water partition coefficient (Wildman–Crippen LogP) is 5.25. The first-order valence-electron chi connectivity index (χ1n) is 9.07. The maximum Gasteiger partial charge on any atom is 0.264 e. The molecule has 0 saturated carbocycles. The lowest BCUT2D eigenvalue weighted by Crippen LogP contribution is -2.01. The van der Waals surface area contributed by atoms with Crippen molar-refractivity contribution in [3.63, 3.8) is 0 Å². The van der Waals surface area contributed by atoms with Gasteiger partial charge in [-0.3, -0.25) is 0 Å². The molecule has 4 rings (SSSR count). The van der Waals surface area contributed by atoms with Gasteiger partial charge in [0.2, 0.25) is 5.89 Å². The van der Waals surface area contributed by atoms with Crippen LogP contribution < -0.4 is 0 Å². The van der Waals surface area contributed by atoms with Gasteiger partial charge in [0.1, 0.15) is 5.69 Å². The summed E-state index contributed by atoms with van der Waals surface area (Å²) in [6.45, 7) is 7.18. The largest absolute Gasteiger partial charge is 0.419 e. The first-order valence-corrected chi connectivity index (χ1v) is 9.07. The van der Waals surface area contributed by atoms with E-state index in [1.165, 1.54) is 22.0 Å². The molecule has 2 aromatic heterocycles. The summed E-state index contributed by atoms with van der Waals surface area (Å²) in [7, 11) is 0. The maximum absolute atomic E-state index is 5.96. The number of fused-ring (bicyclic) bond motifs is 1. The molecule has 26 heavy (non-hydrogen) atoms. The van der Waals surface area contributed by atoms with E-state index < -0.39 is 0 Å². The van der Waals surface area contributed by atoms with E-state index in [0.29, 0.717) is 17.7 Å². The Kier molecular flexibility index (Phi) is 4.33. The average Bonchev–Trinajstić information content (AvgIpc) is 3.21. The molecule has 0 aliphatic heterocycles. The van der Waals surface area contributed by atoms with Gasteiger partial charge in [0.25, 0.3) is 5.89 Å². The van der Waals surface area contributed by atoms with Crippen LogP contribution in [-0.4, -0.2) is 14.8 Å². The van der Waals surface area contributed by atoms with Gasteiger partial charge < -0.3 is 8.98 Å². The Balaban J connectivity index is 1.78. The van der Waals surface area contributed by atoms with Crippen LogP contribution in [0.3, 0.4) is 0 Å². The fraction of sp³-hybridized carbons (Fsp3) is 0.273. The van der Waals surface area contributed by atoms with Crippen molar-refractivity contribution in [3.05, 3.63) is 71.6 Å². The van der Waals surface area contributed by atoms with Crippen LogP contribution in [0, 0.1) is 12.8 Å². The summed E-state index contributed by atoms with van der Waals surface area (Å²) in [4.78, 5) is 0. The van der Waals surface area contributed by atoms with Crippen molar-refractivity contribution in [3.8, 4) is 11.6 Å². The molecule has 0 bridgehead atoms. The monoisotopic (exact) mass is 345 g/mol. The van der Waals surface area contributed by atoms with Crippen molar-refractivity contribution in [1.82, 2.24) is 14.8 Å². The van der Waals surface area contributed by atoms with Crippen molar-refractivity contribution in [2.75, 3.05) is 0 Å². The van der Waals surface area contributed by atoms with Crippen LogP contribution in [0.2, 0.25) is 0 Å². The summed E-state index contributed by atoms with van der Waals surface area (Å²) in [5, 5.41) is 9.73. The number of hydrogen-bond donors (Lipinski definition) is 0. The molecule has 132 valence electrons. The second-order valence-electron chi connectivity index (χ2n) is 7.26. The Morgan fingerprint density at radius 1 is 1.00 bits per heavy atom. The SMILES string of the molecule is Cc1ccc(Cn2c(-c3nnc(CC(C)C)o3)cc3ccccc32)cc1. The van der Waals surface area contributed by atoms with Crippen LogP contribution in [0.4, 0.5) is 0 Å². The third-order valence-electron chi connectivity index (χ3n) is 4.54. The Morgan fingerprint density at radius 2 is 1.77 bits per heavy atom. The Labute approximate surface area is 153 Å². The number of nitrogens with zero attached hydrogens (tertiary/aromatic N) is 3. The third kappa shape index (κ3) is 3.27. The molecule has 2 heterocycles. The molecule has 0 fully saturated rings. The lowest BCUT2D eigenvalue weighted by atomic mass is 10.1. The molecular formula is C22H23N3O. The quantitative estimate of drug-likeness (QED) is 0.496. The van der Waals surface area contributed by atoms with Gasteiger partial charge in [0.15, 0.2) is 0 Å². The van der Waals surface area contributed by atoms with Gasteiger partial charge >= 0.3 is 0 Å². The summed E-state index contributed by atoms with van der Waals surface area (Å²) in [5.74, 6) is 1.77. The lowest BCUT2D eigenvalue weighted by molar-refractivity contribution is 0.464. The standard InChI is InChI=1S/C22H23N3O/c1-15(2)12-21-23-24-22(26-21)20-13-18-6-4-5-7-19(18)25(20)14-17-10-8-16(3)9-11-17/h4-11,13,15H,12,14H2,1-3H3. The van der Waals surface area contributed by atoms with E-state index in [1.807, 2.05) is 0 Å². The molecule has 0 amide bonds. The molecule has 4 heteroatoms. The molecule has 0 N–H and O–H groups in total. The zero-order chi connectivity index (χ0) is 18.1. The van der Waals surface area contributed by atoms with Gasteiger partial charge in [-0.2, -0.15) is 0 Å². The van der Waals surface area contributed by atoms with Gasteiger partial charge in [-0.15, -0.1) is 10.2 Å². The Morgan fingerprint density at radius 3 is 2.54 bits per heavy atom. The molecule has 4 aromatic rings. The highest BCUT2D eigenvalue weighted by Crippen LogP contribution is 2.29. The molecule has 4 nitrogen and oxygen atoms in total. The van der Waals surface area contributed by atoms with Crippen molar-refractivity contribution in [2.45, 2.75) is 33.7 Å². The Hall–Kier alpha value is -2.88. The highest BCUT2D eigenvalue weighted by atomic mass is 16.4. The molecule has 0 saturated heterocycles. The fourth-order valence-corrected chi connectivity index (χ4v) is 3.22. The average molecular weight is 345 g/mol. The zero-order valence-electron chi connectivity index (χ0n) is 15.4. The number of hydrogen-bond acceptors (Lipinski definition) is 3. The Bertz CT molecular complexity index is 1030. The summed E-state index contributed by atoms with van der Waals surface area (Å²) in [6.07, 6.45) is 0.797. The van der Waals surface area contributed by atoms with Gasteiger partial charge in [-0.1, -0.05) is 61.9 Å². The highest BCUT2D eigenvalue weighted by Gasteiger charge is 2.17. The van der Waals surface area contributed by atoms with Crippen molar-refractivity contribution >= 4 is 10.9 Å². The normalized spacial score (nSPS) is 11.5. The van der Waals surface area contributed by atoms with Crippen molar-refractivity contribution in [1.29, 1.82) is 0 Å². The van der Waals surface area contributed by atoms with Crippen LogP contribution in [0.25, 0.3) is 22.5 Å². The van der Waals surface area contributed by atoms with E-state index in [1.54, 1.807) is 0 Å². The number of para-hydroxylation sites is 1. The number of aryl methyl sites for hydroxylation is 1. The van der Waals surface area contributed by atoms with E-state index in [4.69, 9.17) is 4.42 Å². The second-order valence-corrected chi connectivity index (χ2v) is 7.26. The number of rotatable bonds is 5. The van der Waals surface area contributed by atoms with Gasteiger partial charge in [-0.25, -0.2) is 0 Å². The van der Waals surface area contributed by atoms with Crippen molar-refractivity contribution in [2.24, 2.45) is 5.92 Å². The van der Waals surface area contributed by atoms with E-state index in [2.05, 4.69) is 90.1 Å². The molecule has 0 radical (unpaired) electrons. The molecule has 2 aromatic carbocycles. The maximum atomic E-state index is 5.96. The van der Waals surface area contributed by atoms with Crippen LogP contribution >= 0.6 is 0 Å². The molecule has 0 atom stereocenters. The van der Waals surface area contributed by atoms with Crippen LogP contribution in [0.5, 0.6) is 0 Å². The smallest absolute Gasteiger partial charge is 0.264 e. The predicted molar refractivity (Wildman–Crippen MR) is 104 cm³/mol. The molecule has 0 aliphatic rings. The van der Waals surface area contributed by atoms with Crippen LogP contribution in [0.1, 0.15) is 30.9 Å². The zero-order valence-corrected chi connectivity index (χ0v) is 15.4. The highest BCUT2D eigenvalue weighted by molar-refractivity contribution is 5.85. The number of benzene rings is 2. The van der Waals surface area contributed by atoms with E-state index >= 15 is 0 Å². The molecule has 0 aliphatic carbocycles. The fourth-order valence-electron chi connectivity index (χ4n) is 3.22. The molecule has 0 spiro atoms. The number of aromatic nitrogens is 3. The van der Waals surface area contributed by atoms with Gasteiger partial charge in [-0.05, 0) is 30.5 Å². The van der Waals surface area contributed by atoms with E-state index in [-0.39, 0.29) is 0 Å².